The van der Waals surface area contributed by atoms with Crippen LogP contribution in [0, 0.1) is 13.8 Å². The van der Waals surface area contributed by atoms with E-state index in [4.69, 9.17) is 0 Å². The van der Waals surface area contributed by atoms with Crippen molar-refractivity contribution < 1.29 is 4.79 Å². The summed E-state index contributed by atoms with van der Waals surface area (Å²) in [5.74, 6) is -0.145. The first kappa shape index (κ1) is 21.2. The zero-order valence-electron chi connectivity index (χ0n) is 17.0. The quantitative estimate of drug-likeness (QED) is 0.306. The van der Waals surface area contributed by atoms with Crippen molar-refractivity contribution in [2.24, 2.45) is 15.2 Å². The Bertz CT molecular complexity index is 1230. The highest BCUT2D eigenvalue weighted by Crippen LogP contribution is 2.31. The van der Waals surface area contributed by atoms with E-state index in [-0.39, 0.29) is 5.91 Å². The molecular formula is C24H19BrN4OS. The van der Waals surface area contributed by atoms with Gasteiger partial charge in [-0.2, -0.15) is 10.2 Å². The van der Waals surface area contributed by atoms with Gasteiger partial charge in [0.15, 0.2) is 5.17 Å². The minimum Gasteiger partial charge on any atom is -0.300 e. The predicted molar refractivity (Wildman–Crippen MR) is 131 cm³/mol. The lowest BCUT2D eigenvalue weighted by molar-refractivity contribution is -0.115. The third-order valence-electron chi connectivity index (χ3n) is 4.61. The number of carbonyl (C=O) groups excluding carboxylic acids is 1. The summed E-state index contributed by atoms with van der Waals surface area (Å²) in [5.41, 5.74) is 5.37. The summed E-state index contributed by atoms with van der Waals surface area (Å²) in [7, 11) is 0. The summed E-state index contributed by atoms with van der Waals surface area (Å²) in [6, 6.07) is 21.3. The van der Waals surface area contributed by atoms with Gasteiger partial charge in [-0.1, -0.05) is 46.3 Å². The van der Waals surface area contributed by atoms with Gasteiger partial charge in [-0.3, -0.25) is 4.79 Å². The summed E-state index contributed by atoms with van der Waals surface area (Å²) in [5, 5.41) is 12.1. The van der Waals surface area contributed by atoms with Crippen LogP contribution < -0.4 is 5.32 Å². The molecule has 31 heavy (non-hydrogen) atoms. The van der Waals surface area contributed by atoms with E-state index in [2.05, 4.69) is 36.5 Å². The van der Waals surface area contributed by atoms with E-state index in [1.165, 1.54) is 11.8 Å². The molecule has 1 amide bonds. The monoisotopic (exact) mass is 490 g/mol. The van der Waals surface area contributed by atoms with Gasteiger partial charge >= 0.3 is 0 Å². The number of nitrogens with one attached hydrogen (secondary N) is 1. The number of carbonyl (C=O) groups is 1. The molecule has 3 aromatic carbocycles. The van der Waals surface area contributed by atoms with Crippen molar-refractivity contribution in [3.8, 4) is 0 Å². The smallest absolute Gasteiger partial charge is 0.264 e. The molecule has 5 nitrogen and oxygen atoms in total. The maximum absolute atomic E-state index is 12.3. The topological polar surface area (TPSA) is 66.2 Å². The number of rotatable bonds is 4. The van der Waals surface area contributed by atoms with E-state index in [1.807, 2.05) is 86.7 Å². The largest absolute Gasteiger partial charge is 0.300 e. The fourth-order valence-electron chi connectivity index (χ4n) is 2.91. The van der Waals surface area contributed by atoms with Gasteiger partial charge in [-0.15, -0.1) is 0 Å². The van der Waals surface area contributed by atoms with Crippen LogP contribution in [0.4, 0.5) is 17.1 Å². The number of aryl methyl sites for hydroxylation is 2. The lowest BCUT2D eigenvalue weighted by Crippen LogP contribution is -2.19. The van der Waals surface area contributed by atoms with E-state index in [0.29, 0.717) is 10.1 Å². The second kappa shape index (κ2) is 9.41. The molecule has 1 heterocycles. The number of amides is 1. The summed E-state index contributed by atoms with van der Waals surface area (Å²) >= 11 is 4.75. The molecule has 0 spiro atoms. The van der Waals surface area contributed by atoms with E-state index >= 15 is 0 Å². The van der Waals surface area contributed by atoms with E-state index < -0.39 is 0 Å². The highest BCUT2D eigenvalue weighted by Gasteiger charge is 2.24. The van der Waals surface area contributed by atoms with Gasteiger partial charge in [0.1, 0.15) is 0 Å². The molecule has 0 radical (unpaired) electrons. The molecule has 0 aliphatic carbocycles. The van der Waals surface area contributed by atoms with Crippen LogP contribution in [0.25, 0.3) is 6.08 Å². The van der Waals surface area contributed by atoms with Gasteiger partial charge in [-0.25, -0.2) is 4.99 Å². The Hall–Kier alpha value is -3.03. The number of hydrogen-bond acceptors (Lipinski definition) is 5. The number of nitrogens with zero attached hydrogens (tertiary/aromatic N) is 3. The second-order valence-corrected chi connectivity index (χ2v) is 8.94. The average molecular weight is 491 g/mol. The zero-order valence-corrected chi connectivity index (χ0v) is 19.4. The third-order valence-corrected chi connectivity index (χ3v) is 6.05. The van der Waals surface area contributed by atoms with Crippen LogP contribution in [0.5, 0.6) is 0 Å². The van der Waals surface area contributed by atoms with Crippen molar-refractivity contribution >= 4 is 61.9 Å². The normalized spacial score (nSPS) is 16.4. The molecule has 7 heteroatoms. The summed E-state index contributed by atoms with van der Waals surface area (Å²) in [4.78, 5) is 17.5. The molecule has 1 N–H and O–H groups in total. The third kappa shape index (κ3) is 5.37. The summed E-state index contributed by atoms with van der Waals surface area (Å²) < 4.78 is 0.998. The summed E-state index contributed by atoms with van der Waals surface area (Å²) in [6.07, 6.45) is 1.86. The number of amidine groups is 1. The number of benzene rings is 3. The molecule has 1 aliphatic rings. The van der Waals surface area contributed by atoms with Crippen LogP contribution >= 0.6 is 27.7 Å². The Morgan fingerprint density at radius 2 is 1.68 bits per heavy atom. The van der Waals surface area contributed by atoms with Crippen molar-refractivity contribution in [2.75, 3.05) is 0 Å². The van der Waals surface area contributed by atoms with Gasteiger partial charge < -0.3 is 5.32 Å². The summed E-state index contributed by atoms with van der Waals surface area (Å²) in [6.45, 7) is 3.97. The van der Waals surface area contributed by atoms with Crippen molar-refractivity contribution in [1.29, 1.82) is 0 Å². The highest BCUT2D eigenvalue weighted by atomic mass is 79.9. The van der Waals surface area contributed by atoms with Gasteiger partial charge in [-0.05, 0) is 84.8 Å². The first-order valence-electron chi connectivity index (χ1n) is 9.61. The fraction of sp³-hybridized carbons (Fsp3) is 0.0833. The van der Waals surface area contributed by atoms with Crippen LogP contribution in [0.1, 0.15) is 16.7 Å². The number of thioether (sulfide) groups is 1. The molecule has 1 saturated heterocycles. The van der Waals surface area contributed by atoms with Crippen LogP contribution in [0.15, 0.2) is 91.3 Å². The van der Waals surface area contributed by atoms with Crippen molar-refractivity contribution in [2.45, 2.75) is 13.8 Å². The second-order valence-electron chi connectivity index (χ2n) is 6.99. The van der Waals surface area contributed by atoms with Crippen LogP contribution in [0.3, 0.4) is 0 Å². The van der Waals surface area contributed by atoms with Crippen LogP contribution in [-0.4, -0.2) is 11.1 Å². The molecule has 3 aromatic rings. The maximum Gasteiger partial charge on any atom is 0.264 e. The van der Waals surface area contributed by atoms with Crippen LogP contribution in [-0.2, 0) is 4.79 Å². The number of hydrogen-bond donors (Lipinski definition) is 1. The number of halogens is 1. The van der Waals surface area contributed by atoms with Crippen LogP contribution in [0.2, 0.25) is 0 Å². The molecule has 0 unspecified atom stereocenters. The molecule has 0 saturated carbocycles. The predicted octanol–water partition coefficient (Wildman–Crippen LogP) is 7.37. The first-order chi connectivity index (χ1) is 15.0. The van der Waals surface area contributed by atoms with E-state index in [0.717, 1.165) is 38.2 Å². The Kier molecular flexibility index (Phi) is 6.44. The van der Waals surface area contributed by atoms with Gasteiger partial charge in [0, 0.05) is 4.47 Å². The molecule has 0 atom stereocenters. The minimum absolute atomic E-state index is 0.145. The molecular weight excluding hydrogens is 472 g/mol. The maximum atomic E-state index is 12.3. The SMILES string of the molecule is Cc1ccccc1N=Nc1ccc(N=C2NC(=O)/C(=C/c3ccc(Br)cc3)S2)c(C)c1. The Morgan fingerprint density at radius 1 is 0.903 bits per heavy atom. The average Bonchev–Trinajstić information content (AvgIpc) is 3.09. The van der Waals surface area contributed by atoms with Gasteiger partial charge in [0.05, 0.1) is 22.0 Å². The van der Waals surface area contributed by atoms with Crippen molar-refractivity contribution in [1.82, 2.24) is 5.32 Å². The molecule has 1 aliphatic heterocycles. The fourth-order valence-corrected chi connectivity index (χ4v) is 4.01. The lowest BCUT2D eigenvalue weighted by Gasteiger charge is -2.03. The van der Waals surface area contributed by atoms with E-state index in [1.54, 1.807) is 0 Å². The van der Waals surface area contributed by atoms with Gasteiger partial charge in [0.25, 0.3) is 5.91 Å². The molecule has 1 fully saturated rings. The zero-order chi connectivity index (χ0) is 21.8. The Balaban J connectivity index is 1.51. The Morgan fingerprint density at radius 3 is 2.42 bits per heavy atom. The number of azo groups is 1. The standard InChI is InChI=1S/C24H19BrN4OS/c1-15-5-3-4-6-21(15)29-28-19-11-12-20(16(2)13-19)26-24-27-23(30)22(31-24)14-17-7-9-18(25)10-8-17/h3-14H,1-2H3,(H,26,27,30)/b22-14-,29-28?. The number of aliphatic imine (C=N–C) groups is 1. The molecule has 154 valence electrons. The Labute approximate surface area is 193 Å². The molecule has 0 bridgehead atoms. The van der Waals surface area contributed by atoms with E-state index in [9.17, 15) is 4.79 Å². The lowest BCUT2D eigenvalue weighted by atomic mass is 10.2. The molecule has 4 rings (SSSR count). The van der Waals surface area contributed by atoms with Crippen molar-refractivity contribution in [3.05, 3.63) is 92.8 Å². The molecule has 0 aromatic heterocycles. The van der Waals surface area contributed by atoms with Crippen molar-refractivity contribution in [3.63, 3.8) is 0 Å². The first-order valence-corrected chi connectivity index (χ1v) is 11.2. The van der Waals surface area contributed by atoms with Gasteiger partial charge in [0.2, 0.25) is 0 Å². The minimum atomic E-state index is -0.145. The highest BCUT2D eigenvalue weighted by molar-refractivity contribution is 9.10.